The summed E-state index contributed by atoms with van der Waals surface area (Å²) in [5.74, 6) is 0.479. The van der Waals surface area contributed by atoms with Gasteiger partial charge < -0.3 is 14.1 Å². The van der Waals surface area contributed by atoms with Crippen LogP contribution in [0, 0.1) is 0 Å². The number of carbonyl (C=O) groups is 1. The summed E-state index contributed by atoms with van der Waals surface area (Å²) < 4.78 is 11.3. The van der Waals surface area contributed by atoms with Crippen LogP contribution in [-0.4, -0.2) is 29.4 Å². The van der Waals surface area contributed by atoms with Crippen LogP contribution < -0.4 is 10.4 Å². The Bertz CT molecular complexity index is 917. The van der Waals surface area contributed by atoms with Crippen LogP contribution in [0.1, 0.15) is 32.3 Å². The van der Waals surface area contributed by atoms with Gasteiger partial charge in [0.15, 0.2) is 5.60 Å². The maximum atomic E-state index is 13.0. The number of hydrogen-bond acceptors (Lipinski definition) is 5. The van der Waals surface area contributed by atoms with Crippen molar-refractivity contribution in [2.24, 2.45) is 0 Å². The van der Waals surface area contributed by atoms with E-state index in [1.807, 2.05) is 18.3 Å². The summed E-state index contributed by atoms with van der Waals surface area (Å²) in [6.07, 6.45) is 4.15. The number of rotatable bonds is 1. The molecule has 24 heavy (non-hydrogen) atoms. The van der Waals surface area contributed by atoms with Crippen molar-refractivity contribution in [1.82, 2.24) is 4.90 Å². The topological polar surface area (TPSA) is 59.8 Å². The SMILES string of the molecule is CC1(C)Oc2ccc3ccc(=O)oc3c2C(=CN2CCCC2)C1=O. The highest BCUT2D eigenvalue weighted by molar-refractivity contribution is 6.28. The normalized spacial score (nSPS) is 21.2. The number of fused-ring (bicyclic) bond motifs is 3. The molecule has 0 saturated carbocycles. The van der Waals surface area contributed by atoms with Gasteiger partial charge in [0.25, 0.3) is 0 Å². The highest BCUT2D eigenvalue weighted by atomic mass is 16.5. The Morgan fingerprint density at radius 1 is 1.08 bits per heavy atom. The zero-order valence-electron chi connectivity index (χ0n) is 13.8. The molecule has 1 aromatic carbocycles. The van der Waals surface area contributed by atoms with Crippen molar-refractivity contribution in [2.45, 2.75) is 32.3 Å². The van der Waals surface area contributed by atoms with E-state index in [0.717, 1.165) is 31.3 Å². The van der Waals surface area contributed by atoms with E-state index in [1.54, 1.807) is 19.9 Å². The van der Waals surface area contributed by atoms with Gasteiger partial charge in [-0.25, -0.2) is 4.79 Å². The Kier molecular flexibility index (Phi) is 3.27. The van der Waals surface area contributed by atoms with Gasteiger partial charge in [-0.3, -0.25) is 4.79 Å². The molecule has 3 heterocycles. The van der Waals surface area contributed by atoms with Crippen LogP contribution in [0.15, 0.2) is 39.7 Å². The summed E-state index contributed by atoms with van der Waals surface area (Å²) in [4.78, 5) is 26.8. The minimum absolute atomic E-state index is 0.0964. The first-order valence-electron chi connectivity index (χ1n) is 8.23. The number of nitrogens with zero attached hydrogens (tertiary/aromatic N) is 1. The fourth-order valence-corrected chi connectivity index (χ4v) is 3.39. The van der Waals surface area contributed by atoms with E-state index in [4.69, 9.17) is 9.15 Å². The monoisotopic (exact) mass is 325 g/mol. The minimum atomic E-state index is -0.943. The first-order valence-corrected chi connectivity index (χ1v) is 8.23. The van der Waals surface area contributed by atoms with E-state index in [9.17, 15) is 9.59 Å². The number of ether oxygens (including phenoxy) is 1. The van der Waals surface area contributed by atoms with Crippen LogP contribution in [0.2, 0.25) is 0 Å². The fourth-order valence-electron chi connectivity index (χ4n) is 3.39. The lowest BCUT2D eigenvalue weighted by Gasteiger charge is -2.33. The van der Waals surface area contributed by atoms with Crippen molar-refractivity contribution in [3.63, 3.8) is 0 Å². The maximum absolute atomic E-state index is 13.0. The van der Waals surface area contributed by atoms with E-state index in [2.05, 4.69) is 4.90 Å². The number of hydrogen-bond donors (Lipinski definition) is 0. The van der Waals surface area contributed by atoms with Crippen molar-refractivity contribution in [3.05, 3.63) is 46.4 Å². The smallest absolute Gasteiger partial charge is 0.336 e. The van der Waals surface area contributed by atoms with Crippen molar-refractivity contribution in [2.75, 3.05) is 13.1 Å². The molecular formula is C19H19NO4. The molecule has 2 aliphatic heterocycles. The van der Waals surface area contributed by atoms with E-state index >= 15 is 0 Å². The lowest BCUT2D eigenvalue weighted by Crippen LogP contribution is -2.42. The Balaban J connectivity index is 2.01. The molecule has 0 aliphatic carbocycles. The third-order valence-electron chi connectivity index (χ3n) is 4.63. The largest absolute Gasteiger partial charge is 0.479 e. The van der Waals surface area contributed by atoms with Crippen LogP contribution in [0.5, 0.6) is 5.75 Å². The van der Waals surface area contributed by atoms with Gasteiger partial charge >= 0.3 is 5.63 Å². The van der Waals surface area contributed by atoms with Crippen LogP contribution >= 0.6 is 0 Å². The molecule has 0 bridgehead atoms. The summed E-state index contributed by atoms with van der Waals surface area (Å²) in [7, 11) is 0. The van der Waals surface area contributed by atoms with Gasteiger partial charge in [0.1, 0.15) is 11.3 Å². The van der Waals surface area contributed by atoms with Gasteiger partial charge in [-0.2, -0.15) is 0 Å². The Morgan fingerprint density at radius 2 is 1.79 bits per heavy atom. The quantitative estimate of drug-likeness (QED) is 0.596. The molecule has 0 unspecified atom stereocenters. The molecule has 5 heteroatoms. The molecule has 2 aromatic rings. The average Bonchev–Trinajstić information content (AvgIpc) is 3.04. The molecule has 124 valence electrons. The third-order valence-corrected chi connectivity index (χ3v) is 4.63. The second-order valence-corrected chi connectivity index (χ2v) is 6.84. The molecule has 1 saturated heterocycles. The fraction of sp³-hybridized carbons (Fsp3) is 0.368. The van der Waals surface area contributed by atoms with Crippen molar-refractivity contribution >= 4 is 22.3 Å². The molecule has 1 fully saturated rings. The van der Waals surface area contributed by atoms with E-state index < -0.39 is 11.2 Å². The molecule has 1 aromatic heterocycles. The predicted octanol–water partition coefficient (Wildman–Crippen LogP) is 2.97. The molecule has 0 amide bonds. The Morgan fingerprint density at radius 3 is 2.54 bits per heavy atom. The molecule has 0 radical (unpaired) electrons. The number of Topliss-reactive ketones (excluding diaryl/α,β-unsaturated/α-hetero) is 1. The first-order chi connectivity index (χ1) is 11.5. The molecule has 2 aliphatic rings. The van der Waals surface area contributed by atoms with Crippen LogP contribution in [0.25, 0.3) is 16.5 Å². The van der Waals surface area contributed by atoms with Gasteiger partial charge in [-0.05, 0) is 44.9 Å². The van der Waals surface area contributed by atoms with E-state index in [1.165, 1.54) is 6.07 Å². The summed E-state index contributed by atoms with van der Waals surface area (Å²) >= 11 is 0. The predicted molar refractivity (Wildman–Crippen MR) is 91.0 cm³/mol. The molecular weight excluding hydrogens is 306 g/mol. The highest BCUT2D eigenvalue weighted by Gasteiger charge is 2.41. The molecule has 4 rings (SSSR count). The zero-order chi connectivity index (χ0) is 16.9. The van der Waals surface area contributed by atoms with Crippen LogP contribution in [0.3, 0.4) is 0 Å². The molecule has 0 atom stereocenters. The molecule has 5 nitrogen and oxygen atoms in total. The summed E-state index contributed by atoms with van der Waals surface area (Å²) in [5, 5.41) is 0.775. The van der Waals surface area contributed by atoms with Gasteiger partial charge in [0.2, 0.25) is 5.78 Å². The van der Waals surface area contributed by atoms with Gasteiger partial charge in [0.05, 0.1) is 11.1 Å². The van der Waals surface area contributed by atoms with Crippen LogP contribution in [-0.2, 0) is 4.79 Å². The first kappa shape index (κ1) is 15.0. The summed E-state index contributed by atoms with van der Waals surface area (Å²) in [6.45, 7) is 5.40. The Labute approximate surface area is 139 Å². The Hall–Kier alpha value is -2.56. The lowest BCUT2D eigenvalue weighted by molar-refractivity contribution is -0.126. The lowest BCUT2D eigenvalue weighted by atomic mass is 9.87. The summed E-state index contributed by atoms with van der Waals surface area (Å²) in [5.41, 5.74) is 0.175. The highest BCUT2D eigenvalue weighted by Crippen LogP contribution is 2.42. The number of ketones is 1. The molecule has 0 N–H and O–H groups in total. The van der Waals surface area contributed by atoms with Crippen molar-refractivity contribution in [1.29, 1.82) is 0 Å². The second-order valence-electron chi connectivity index (χ2n) is 6.84. The maximum Gasteiger partial charge on any atom is 0.336 e. The summed E-state index contributed by atoms with van der Waals surface area (Å²) in [6, 6.07) is 6.77. The standard InChI is InChI=1S/C19H19NO4/c1-19(2)18(22)13(11-20-9-3-4-10-20)16-14(24-19)7-5-12-6-8-15(21)23-17(12)16/h5-8,11H,3-4,9-10H2,1-2H3. The zero-order valence-corrected chi connectivity index (χ0v) is 13.8. The number of benzene rings is 1. The van der Waals surface area contributed by atoms with E-state index in [0.29, 0.717) is 22.5 Å². The van der Waals surface area contributed by atoms with Crippen molar-refractivity contribution < 1.29 is 13.9 Å². The number of likely N-dealkylation sites (tertiary alicyclic amines) is 1. The van der Waals surface area contributed by atoms with Gasteiger partial charge in [-0.1, -0.05) is 0 Å². The van der Waals surface area contributed by atoms with Gasteiger partial charge in [0, 0.05) is 30.7 Å². The third kappa shape index (κ3) is 2.31. The second kappa shape index (κ2) is 5.23. The molecule has 0 spiro atoms. The van der Waals surface area contributed by atoms with E-state index in [-0.39, 0.29) is 5.78 Å². The van der Waals surface area contributed by atoms with Crippen molar-refractivity contribution in [3.8, 4) is 5.75 Å². The number of carbonyl (C=O) groups excluding carboxylic acids is 1. The van der Waals surface area contributed by atoms with Crippen LogP contribution in [0.4, 0.5) is 0 Å². The van der Waals surface area contributed by atoms with Gasteiger partial charge in [-0.15, -0.1) is 0 Å². The average molecular weight is 325 g/mol. The minimum Gasteiger partial charge on any atom is -0.479 e.